The lowest BCUT2D eigenvalue weighted by Crippen LogP contribution is -2.64. The molecule has 0 bridgehead atoms. The third-order valence-corrected chi connectivity index (χ3v) is 4.27. The molecule has 1 saturated carbocycles. The SMILES string of the molecule is COCCC(C)N1CC(C)(C)NCC1C1CC1. The highest BCUT2D eigenvalue weighted by atomic mass is 16.5. The van der Waals surface area contributed by atoms with Crippen molar-refractivity contribution < 1.29 is 4.74 Å². The Kier molecular flexibility index (Phi) is 4.11. The van der Waals surface area contributed by atoms with Gasteiger partial charge in [0.05, 0.1) is 0 Å². The van der Waals surface area contributed by atoms with Crippen LogP contribution in [0, 0.1) is 5.92 Å². The molecule has 0 spiro atoms. The van der Waals surface area contributed by atoms with Crippen LogP contribution < -0.4 is 5.32 Å². The maximum atomic E-state index is 5.22. The number of nitrogens with zero attached hydrogens (tertiary/aromatic N) is 1. The zero-order chi connectivity index (χ0) is 12.5. The molecule has 2 fully saturated rings. The highest BCUT2D eigenvalue weighted by Gasteiger charge is 2.42. The van der Waals surface area contributed by atoms with E-state index in [1.165, 1.54) is 19.4 Å². The van der Waals surface area contributed by atoms with Gasteiger partial charge in [0.25, 0.3) is 0 Å². The molecule has 1 aliphatic heterocycles. The van der Waals surface area contributed by atoms with Crippen LogP contribution in [0.5, 0.6) is 0 Å². The molecule has 1 heterocycles. The van der Waals surface area contributed by atoms with E-state index in [-0.39, 0.29) is 5.54 Å². The number of hydrogen-bond acceptors (Lipinski definition) is 3. The Bertz CT molecular complexity index is 251. The first-order valence-electron chi connectivity index (χ1n) is 7.03. The van der Waals surface area contributed by atoms with E-state index in [1.54, 1.807) is 7.11 Å². The van der Waals surface area contributed by atoms with Crippen molar-refractivity contribution in [3.63, 3.8) is 0 Å². The van der Waals surface area contributed by atoms with Crippen molar-refractivity contribution in [1.29, 1.82) is 0 Å². The van der Waals surface area contributed by atoms with Crippen molar-refractivity contribution in [2.24, 2.45) is 5.92 Å². The van der Waals surface area contributed by atoms with Crippen molar-refractivity contribution >= 4 is 0 Å². The van der Waals surface area contributed by atoms with Crippen molar-refractivity contribution in [3.05, 3.63) is 0 Å². The summed E-state index contributed by atoms with van der Waals surface area (Å²) in [6.07, 6.45) is 4.01. The summed E-state index contributed by atoms with van der Waals surface area (Å²) in [5.74, 6) is 0.948. The van der Waals surface area contributed by atoms with Crippen LogP contribution in [0.25, 0.3) is 0 Å². The molecule has 1 aliphatic carbocycles. The molecule has 2 atom stereocenters. The molecule has 2 unspecified atom stereocenters. The number of ether oxygens (including phenoxy) is 1. The highest BCUT2D eigenvalue weighted by molar-refractivity contribution is 4.99. The van der Waals surface area contributed by atoms with Gasteiger partial charge in [-0.1, -0.05) is 0 Å². The van der Waals surface area contributed by atoms with Gasteiger partial charge in [0, 0.05) is 44.4 Å². The van der Waals surface area contributed by atoms with Gasteiger partial charge in [0.15, 0.2) is 0 Å². The Morgan fingerprint density at radius 2 is 2.12 bits per heavy atom. The molecule has 3 nitrogen and oxygen atoms in total. The standard InChI is InChI=1S/C14H28N2O/c1-11(7-8-17-4)16-10-14(2,3)15-9-13(16)12-5-6-12/h11-13,15H,5-10H2,1-4H3. The lowest BCUT2D eigenvalue weighted by Gasteiger charge is -2.47. The first-order valence-corrected chi connectivity index (χ1v) is 7.03. The molecule has 1 saturated heterocycles. The van der Waals surface area contributed by atoms with Crippen LogP contribution in [-0.2, 0) is 4.74 Å². The van der Waals surface area contributed by atoms with Crippen LogP contribution >= 0.6 is 0 Å². The van der Waals surface area contributed by atoms with E-state index >= 15 is 0 Å². The van der Waals surface area contributed by atoms with Gasteiger partial charge in [0.2, 0.25) is 0 Å². The zero-order valence-electron chi connectivity index (χ0n) is 11.8. The van der Waals surface area contributed by atoms with Crippen molar-refractivity contribution in [1.82, 2.24) is 10.2 Å². The summed E-state index contributed by atoms with van der Waals surface area (Å²) in [5, 5.41) is 3.70. The number of rotatable bonds is 5. The van der Waals surface area contributed by atoms with Crippen LogP contribution in [0.2, 0.25) is 0 Å². The van der Waals surface area contributed by atoms with Crippen LogP contribution in [-0.4, -0.2) is 49.3 Å². The quantitative estimate of drug-likeness (QED) is 0.794. The third-order valence-electron chi connectivity index (χ3n) is 4.27. The van der Waals surface area contributed by atoms with E-state index < -0.39 is 0 Å². The summed E-state index contributed by atoms with van der Waals surface area (Å²) in [6, 6.07) is 1.40. The predicted octanol–water partition coefficient (Wildman–Crippen LogP) is 1.87. The average Bonchev–Trinajstić information content (AvgIpc) is 3.08. The number of nitrogens with one attached hydrogen (secondary N) is 1. The smallest absolute Gasteiger partial charge is 0.0477 e. The third kappa shape index (κ3) is 3.43. The topological polar surface area (TPSA) is 24.5 Å². The lowest BCUT2D eigenvalue weighted by molar-refractivity contribution is 0.0359. The number of methoxy groups -OCH3 is 1. The second-order valence-corrected chi connectivity index (χ2v) is 6.47. The Labute approximate surface area is 106 Å². The fourth-order valence-corrected chi connectivity index (χ4v) is 2.98. The average molecular weight is 240 g/mol. The molecular formula is C14H28N2O. The first-order chi connectivity index (χ1) is 8.03. The molecule has 3 heteroatoms. The summed E-state index contributed by atoms with van der Waals surface area (Å²) in [6.45, 7) is 10.2. The normalized spacial score (nSPS) is 31.4. The maximum Gasteiger partial charge on any atom is 0.0477 e. The highest BCUT2D eigenvalue weighted by Crippen LogP contribution is 2.38. The van der Waals surface area contributed by atoms with Gasteiger partial charge in [-0.15, -0.1) is 0 Å². The van der Waals surface area contributed by atoms with Crippen LogP contribution in [0.1, 0.15) is 40.0 Å². The van der Waals surface area contributed by atoms with Crippen molar-refractivity contribution in [3.8, 4) is 0 Å². The molecule has 0 aromatic heterocycles. The minimum atomic E-state index is 0.257. The summed E-state index contributed by atoms with van der Waals surface area (Å²) in [4.78, 5) is 2.73. The monoisotopic (exact) mass is 240 g/mol. The maximum absolute atomic E-state index is 5.22. The summed E-state index contributed by atoms with van der Waals surface area (Å²) < 4.78 is 5.22. The van der Waals surface area contributed by atoms with E-state index in [2.05, 4.69) is 31.0 Å². The fraction of sp³-hybridized carbons (Fsp3) is 1.00. The molecule has 100 valence electrons. The minimum Gasteiger partial charge on any atom is -0.385 e. The number of hydrogen-bond donors (Lipinski definition) is 1. The summed E-state index contributed by atoms with van der Waals surface area (Å²) in [7, 11) is 1.80. The molecule has 0 aromatic carbocycles. The lowest BCUT2D eigenvalue weighted by atomic mass is 9.94. The van der Waals surface area contributed by atoms with Crippen molar-refractivity contribution in [2.75, 3.05) is 26.8 Å². The van der Waals surface area contributed by atoms with Gasteiger partial charge in [-0.05, 0) is 46.0 Å². The molecular weight excluding hydrogens is 212 g/mol. The van der Waals surface area contributed by atoms with Crippen LogP contribution in [0.3, 0.4) is 0 Å². The van der Waals surface area contributed by atoms with E-state index in [0.29, 0.717) is 6.04 Å². The van der Waals surface area contributed by atoms with E-state index in [1.807, 2.05) is 0 Å². The molecule has 0 radical (unpaired) electrons. The van der Waals surface area contributed by atoms with Gasteiger partial charge >= 0.3 is 0 Å². The molecule has 0 aromatic rings. The fourth-order valence-electron chi connectivity index (χ4n) is 2.98. The summed E-state index contributed by atoms with van der Waals surface area (Å²) in [5.41, 5.74) is 0.257. The minimum absolute atomic E-state index is 0.257. The Morgan fingerprint density at radius 1 is 1.41 bits per heavy atom. The van der Waals surface area contributed by atoms with Crippen LogP contribution in [0.15, 0.2) is 0 Å². The van der Waals surface area contributed by atoms with Crippen LogP contribution in [0.4, 0.5) is 0 Å². The van der Waals surface area contributed by atoms with Gasteiger partial charge < -0.3 is 10.1 Å². The largest absolute Gasteiger partial charge is 0.385 e. The van der Waals surface area contributed by atoms with E-state index in [4.69, 9.17) is 4.74 Å². The van der Waals surface area contributed by atoms with Crippen molar-refractivity contribution in [2.45, 2.75) is 57.7 Å². The number of piperazine rings is 1. The molecule has 2 rings (SSSR count). The molecule has 17 heavy (non-hydrogen) atoms. The van der Waals surface area contributed by atoms with Gasteiger partial charge in [-0.2, -0.15) is 0 Å². The molecule has 2 aliphatic rings. The van der Waals surface area contributed by atoms with E-state index in [9.17, 15) is 0 Å². The van der Waals surface area contributed by atoms with Gasteiger partial charge in [0.1, 0.15) is 0 Å². The first kappa shape index (κ1) is 13.3. The Morgan fingerprint density at radius 3 is 2.71 bits per heavy atom. The summed E-state index contributed by atoms with van der Waals surface area (Å²) >= 11 is 0. The predicted molar refractivity (Wildman–Crippen MR) is 71.3 cm³/mol. The molecule has 1 N–H and O–H groups in total. The van der Waals surface area contributed by atoms with E-state index in [0.717, 1.165) is 31.5 Å². The Balaban J connectivity index is 1.97. The van der Waals surface area contributed by atoms with Gasteiger partial charge in [-0.25, -0.2) is 0 Å². The second kappa shape index (κ2) is 5.25. The van der Waals surface area contributed by atoms with Gasteiger partial charge in [-0.3, -0.25) is 4.90 Å². The molecule has 0 amide bonds. The second-order valence-electron chi connectivity index (χ2n) is 6.47. The Hall–Kier alpha value is -0.120. The zero-order valence-corrected chi connectivity index (χ0v) is 11.8.